The number of halogens is 4. The lowest BCUT2D eigenvalue weighted by Crippen LogP contribution is -2.28. The van der Waals surface area contributed by atoms with Crippen LogP contribution in [0.1, 0.15) is 21.6 Å². The maximum absolute atomic E-state index is 14.0. The molecule has 2 aromatic carbocycles. The molecule has 0 fully saturated rings. The number of H-pyrrole nitrogens is 1. The van der Waals surface area contributed by atoms with E-state index in [2.05, 4.69) is 36.3 Å². The van der Waals surface area contributed by atoms with Crippen LogP contribution < -0.4 is 5.32 Å². The topological polar surface area (TPSA) is 75.6 Å². The monoisotopic (exact) mass is 559 g/mol. The Bertz CT molecular complexity index is 1500. The average Bonchev–Trinajstić information content (AvgIpc) is 3.57. The summed E-state index contributed by atoms with van der Waals surface area (Å²) in [6.07, 6.45) is -1.57. The van der Waals surface area contributed by atoms with E-state index in [4.69, 9.17) is 0 Å². The number of para-hydroxylation sites is 1. The zero-order valence-corrected chi connectivity index (χ0v) is 20.3. The second-order valence-corrected chi connectivity index (χ2v) is 9.46. The van der Waals surface area contributed by atoms with Crippen molar-refractivity contribution in [2.75, 3.05) is 6.54 Å². The van der Waals surface area contributed by atoms with Crippen molar-refractivity contribution in [2.24, 2.45) is 0 Å². The largest absolute Gasteiger partial charge is 0.434 e. The molecule has 0 atom stereocenters. The van der Waals surface area contributed by atoms with Gasteiger partial charge in [0.2, 0.25) is 5.13 Å². The summed E-state index contributed by atoms with van der Waals surface area (Å²) in [7, 11) is 0. The number of aromatic amines is 1. The van der Waals surface area contributed by atoms with Gasteiger partial charge in [0.25, 0.3) is 5.91 Å². The van der Waals surface area contributed by atoms with Crippen molar-refractivity contribution in [1.29, 1.82) is 0 Å². The number of aromatic nitrogens is 4. The van der Waals surface area contributed by atoms with E-state index in [1.165, 1.54) is 0 Å². The molecule has 3 aromatic heterocycles. The number of rotatable bonds is 6. The SMILES string of the molecule is O=C(NCCc1c[nH]c2ccccc12)c1cnn(-c2nc(-c3ccc(Br)cc3)cs2)c1C(F)(F)F. The fourth-order valence-corrected chi connectivity index (χ4v) is 4.85. The summed E-state index contributed by atoms with van der Waals surface area (Å²) in [4.78, 5) is 20.2. The number of thiazole rings is 1. The third-order valence-corrected chi connectivity index (χ3v) is 6.80. The number of benzene rings is 2. The Morgan fingerprint density at radius 2 is 1.91 bits per heavy atom. The lowest BCUT2D eigenvalue weighted by molar-refractivity contribution is -0.143. The third kappa shape index (κ3) is 4.73. The summed E-state index contributed by atoms with van der Waals surface area (Å²) in [5, 5.41) is 9.14. The highest BCUT2D eigenvalue weighted by Crippen LogP contribution is 2.35. The van der Waals surface area contributed by atoms with E-state index in [1.54, 1.807) is 5.38 Å². The zero-order valence-electron chi connectivity index (χ0n) is 17.9. The first-order valence-corrected chi connectivity index (χ1v) is 12.2. The van der Waals surface area contributed by atoms with Crippen molar-refractivity contribution < 1.29 is 18.0 Å². The Morgan fingerprint density at radius 1 is 1.14 bits per heavy atom. The quantitative estimate of drug-likeness (QED) is 0.259. The molecule has 35 heavy (non-hydrogen) atoms. The van der Waals surface area contributed by atoms with Gasteiger partial charge in [0.1, 0.15) is 0 Å². The maximum atomic E-state index is 14.0. The molecule has 0 bridgehead atoms. The van der Waals surface area contributed by atoms with Crippen molar-refractivity contribution in [3.8, 4) is 16.4 Å². The minimum atomic E-state index is -4.80. The number of nitrogens with one attached hydrogen (secondary N) is 2. The first-order valence-electron chi connectivity index (χ1n) is 10.5. The highest BCUT2D eigenvalue weighted by Gasteiger charge is 2.41. The van der Waals surface area contributed by atoms with Gasteiger partial charge >= 0.3 is 6.18 Å². The predicted octanol–water partition coefficient (Wildman–Crippen LogP) is 6.23. The first-order chi connectivity index (χ1) is 16.8. The van der Waals surface area contributed by atoms with Crippen molar-refractivity contribution >= 4 is 44.1 Å². The maximum Gasteiger partial charge on any atom is 0.434 e. The molecule has 1 amide bonds. The van der Waals surface area contributed by atoms with Crippen LogP contribution >= 0.6 is 27.3 Å². The zero-order chi connectivity index (χ0) is 24.6. The molecule has 6 nitrogen and oxygen atoms in total. The van der Waals surface area contributed by atoms with E-state index in [9.17, 15) is 18.0 Å². The fraction of sp³-hybridized carbons (Fsp3) is 0.125. The van der Waals surface area contributed by atoms with E-state index >= 15 is 0 Å². The average molecular weight is 560 g/mol. The van der Waals surface area contributed by atoms with Gasteiger partial charge in [0.15, 0.2) is 5.69 Å². The molecule has 0 unspecified atom stereocenters. The van der Waals surface area contributed by atoms with Crippen LogP contribution in [-0.4, -0.2) is 32.2 Å². The lowest BCUT2D eigenvalue weighted by Gasteiger charge is -2.11. The van der Waals surface area contributed by atoms with E-state index < -0.39 is 23.3 Å². The van der Waals surface area contributed by atoms with Gasteiger partial charge in [-0.15, -0.1) is 11.3 Å². The summed E-state index contributed by atoms with van der Waals surface area (Å²) >= 11 is 4.37. The molecule has 0 aliphatic carbocycles. The van der Waals surface area contributed by atoms with Crippen LogP contribution in [0.25, 0.3) is 27.3 Å². The fourth-order valence-electron chi connectivity index (χ4n) is 3.79. The molecule has 2 N–H and O–H groups in total. The van der Waals surface area contributed by atoms with E-state index in [-0.39, 0.29) is 11.7 Å². The molecular weight excluding hydrogens is 543 g/mol. The number of amides is 1. The Kier molecular flexibility index (Phi) is 6.20. The van der Waals surface area contributed by atoms with Gasteiger partial charge in [-0.2, -0.15) is 18.3 Å². The number of carbonyl (C=O) groups excluding carboxylic acids is 1. The molecule has 0 radical (unpaired) electrons. The van der Waals surface area contributed by atoms with Crippen molar-refractivity contribution in [1.82, 2.24) is 25.1 Å². The summed E-state index contributed by atoms with van der Waals surface area (Å²) in [5.74, 6) is -0.840. The molecule has 3 heterocycles. The van der Waals surface area contributed by atoms with Crippen LogP contribution in [-0.2, 0) is 12.6 Å². The van der Waals surface area contributed by atoms with Crippen LogP contribution in [0.2, 0.25) is 0 Å². The van der Waals surface area contributed by atoms with Crippen LogP contribution in [0.4, 0.5) is 13.2 Å². The molecule has 5 rings (SSSR count). The second kappa shape index (κ2) is 9.31. The number of carbonyl (C=O) groups is 1. The van der Waals surface area contributed by atoms with Gasteiger partial charge in [-0.1, -0.05) is 46.3 Å². The molecule has 178 valence electrons. The number of nitrogens with zero attached hydrogens (tertiary/aromatic N) is 3. The number of alkyl halides is 3. The van der Waals surface area contributed by atoms with Crippen molar-refractivity contribution in [3.63, 3.8) is 0 Å². The summed E-state index contributed by atoms with van der Waals surface area (Å²) in [6.45, 7) is 0.175. The van der Waals surface area contributed by atoms with Crippen LogP contribution in [0.5, 0.6) is 0 Å². The van der Waals surface area contributed by atoms with Gasteiger partial charge in [0, 0.05) is 39.1 Å². The van der Waals surface area contributed by atoms with Crippen LogP contribution in [0, 0.1) is 0 Å². The normalized spacial score (nSPS) is 11.8. The number of fused-ring (bicyclic) bond motifs is 1. The van der Waals surface area contributed by atoms with Gasteiger partial charge in [-0.25, -0.2) is 9.67 Å². The molecule has 0 aliphatic heterocycles. The lowest BCUT2D eigenvalue weighted by atomic mass is 10.1. The van der Waals surface area contributed by atoms with Crippen molar-refractivity contribution in [3.05, 3.63) is 87.6 Å². The Labute approximate surface area is 209 Å². The standard InChI is InChI=1S/C24H17BrF3N5OS/c25-16-7-5-14(6-8-16)20-13-35-23(32-20)33-21(24(26,27)28)18(12-31-33)22(34)29-10-9-15-11-30-19-4-2-1-3-17(15)19/h1-8,11-13,30H,9-10H2,(H,29,34). The van der Waals surface area contributed by atoms with E-state index in [0.29, 0.717) is 16.8 Å². The van der Waals surface area contributed by atoms with Gasteiger partial charge in [0.05, 0.1) is 17.5 Å². The van der Waals surface area contributed by atoms with Gasteiger partial charge in [-0.3, -0.25) is 4.79 Å². The third-order valence-electron chi connectivity index (χ3n) is 5.45. The van der Waals surface area contributed by atoms with Gasteiger partial charge < -0.3 is 10.3 Å². The molecule has 0 saturated carbocycles. The molecule has 5 aromatic rings. The van der Waals surface area contributed by atoms with E-state index in [1.807, 2.05) is 54.7 Å². The molecule has 11 heteroatoms. The minimum Gasteiger partial charge on any atom is -0.361 e. The smallest absolute Gasteiger partial charge is 0.361 e. The highest BCUT2D eigenvalue weighted by molar-refractivity contribution is 9.10. The number of hydrogen-bond acceptors (Lipinski definition) is 4. The molecule has 0 aliphatic rings. The van der Waals surface area contributed by atoms with E-state index in [0.717, 1.165) is 44.0 Å². The summed E-state index contributed by atoms with van der Waals surface area (Å²) < 4.78 is 43.6. The number of hydrogen-bond donors (Lipinski definition) is 2. The predicted molar refractivity (Wildman–Crippen MR) is 132 cm³/mol. The van der Waals surface area contributed by atoms with Gasteiger partial charge in [-0.05, 0) is 30.2 Å². The van der Waals surface area contributed by atoms with Crippen LogP contribution in [0.15, 0.2) is 70.8 Å². The van der Waals surface area contributed by atoms with Crippen LogP contribution in [0.3, 0.4) is 0 Å². The molecule has 0 saturated heterocycles. The minimum absolute atomic E-state index is 0.0214. The van der Waals surface area contributed by atoms with Crippen molar-refractivity contribution in [2.45, 2.75) is 12.6 Å². The molecule has 0 spiro atoms. The second-order valence-electron chi connectivity index (χ2n) is 7.70. The first kappa shape index (κ1) is 23.3. The Balaban J connectivity index is 1.37. The summed E-state index contributed by atoms with van der Waals surface area (Å²) in [6, 6.07) is 15.0. The Morgan fingerprint density at radius 3 is 2.69 bits per heavy atom. The highest BCUT2D eigenvalue weighted by atomic mass is 79.9. The summed E-state index contributed by atoms with van der Waals surface area (Å²) in [5.41, 5.74) is 1.50. The molecular formula is C24H17BrF3N5OS. The Hall–Kier alpha value is -3.44.